The lowest BCUT2D eigenvalue weighted by molar-refractivity contribution is 0.222. The van der Waals surface area contributed by atoms with E-state index in [1.165, 1.54) is 31.6 Å². The van der Waals surface area contributed by atoms with E-state index in [0.29, 0.717) is 11.3 Å². The smallest absolute Gasteiger partial charge is 0.0208 e. The van der Waals surface area contributed by atoms with Gasteiger partial charge in [-0.1, -0.05) is 45.0 Å². The molecule has 0 amide bonds. The lowest BCUT2D eigenvalue weighted by atomic mass is 9.80. The first kappa shape index (κ1) is 14.1. The lowest BCUT2D eigenvalue weighted by Crippen LogP contribution is -2.36. The van der Waals surface area contributed by atoms with Gasteiger partial charge >= 0.3 is 0 Å². The van der Waals surface area contributed by atoms with Crippen molar-refractivity contribution < 1.29 is 0 Å². The summed E-state index contributed by atoms with van der Waals surface area (Å²) in [6.07, 6.45) is 1.37. The van der Waals surface area contributed by atoms with Crippen LogP contribution in [0, 0.1) is 11.3 Å². The van der Waals surface area contributed by atoms with Gasteiger partial charge in [0, 0.05) is 32.1 Å². The molecule has 2 aliphatic heterocycles. The van der Waals surface area contributed by atoms with Crippen LogP contribution in [0.1, 0.15) is 44.2 Å². The van der Waals surface area contributed by atoms with Crippen molar-refractivity contribution in [3.8, 4) is 0 Å². The van der Waals surface area contributed by atoms with Crippen LogP contribution in [0.3, 0.4) is 0 Å². The molecule has 0 aliphatic carbocycles. The first-order valence-electron chi connectivity index (χ1n) is 8.05. The summed E-state index contributed by atoms with van der Waals surface area (Å²) in [6, 6.07) is 8.96. The van der Waals surface area contributed by atoms with E-state index >= 15 is 0 Å². The van der Waals surface area contributed by atoms with Gasteiger partial charge in [0.2, 0.25) is 0 Å². The molecule has 0 radical (unpaired) electrons. The molecule has 0 saturated carbocycles. The third-order valence-electron chi connectivity index (χ3n) is 5.18. The molecular weight excluding hydrogens is 244 g/mol. The van der Waals surface area contributed by atoms with Crippen molar-refractivity contribution >= 4 is 0 Å². The summed E-state index contributed by atoms with van der Waals surface area (Å²) in [5.74, 6) is 1.52. The fraction of sp³-hybridized carbons (Fsp3) is 0.667. The number of rotatable bonds is 2. The zero-order valence-corrected chi connectivity index (χ0v) is 13.2. The Morgan fingerprint density at radius 3 is 2.80 bits per heavy atom. The molecule has 1 aromatic carbocycles. The zero-order valence-electron chi connectivity index (χ0n) is 13.2. The Morgan fingerprint density at radius 1 is 1.25 bits per heavy atom. The molecule has 1 saturated heterocycles. The standard InChI is InChI=1S/C18H28N2/c1-18(2,3)16-8-9-20(13-16)12-15-11-19-10-14-6-4-5-7-17(14)15/h4-7,15-16,19H,8-13H2,1-3H3. The average molecular weight is 272 g/mol. The number of hydrogen-bond acceptors (Lipinski definition) is 2. The molecule has 2 atom stereocenters. The molecule has 1 fully saturated rings. The second kappa shape index (κ2) is 5.50. The van der Waals surface area contributed by atoms with Gasteiger partial charge in [-0.3, -0.25) is 0 Å². The second-order valence-corrected chi connectivity index (χ2v) is 7.64. The van der Waals surface area contributed by atoms with Crippen molar-refractivity contribution in [2.45, 2.75) is 39.7 Å². The predicted molar refractivity (Wildman–Crippen MR) is 84.9 cm³/mol. The van der Waals surface area contributed by atoms with Crippen molar-refractivity contribution in [3.63, 3.8) is 0 Å². The van der Waals surface area contributed by atoms with Gasteiger partial charge < -0.3 is 10.2 Å². The maximum Gasteiger partial charge on any atom is 0.0208 e. The Hall–Kier alpha value is -0.860. The van der Waals surface area contributed by atoms with Crippen LogP contribution in [0.15, 0.2) is 24.3 Å². The lowest BCUT2D eigenvalue weighted by Gasteiger charge is -2.31. The number of likely N-dealkylation sites (tertiary alicyclic amines) is 1. The second-order valence-electron chi connectivity index (χ2n) is 7.64. The summed E-state index contributed by atoms with van der Waals surface area (Å²) in [5.41, 5.74) is 3.53. The molecule has 0 aromatic heterocycles. The van der Waals surface area contributed by atoms with E-state index in [9.17, 15) is 0 Å². The number of benzene rings is 1. The van der Waals surface area contributed by atoms with E-state index in [1.54, 1.807) is 5.56 Å². The molecule has 0 spiro atoms. The van der Waals surface area contributed by atoms with Crippen LogP contribution in [-0.4, -0.2) is 31.1 Å². The van der Waals surface area contributed by atoms with Crippen LogP contribution in [0.25, 0.3) is 0 Å². The molecule has 3 rings (SSSR count). The number of fused-ring (bicyclic) bond motifs is 1. The van der Waals surface area contributed by atoms with Crippen molar-refractivity contribution in [1.29, 1.82) is 0 Å². The first-order chi connectivity index (χ1) is 9.54. The average Bonchev–Trinajstić information content (AvgIpc) is 2.88. The summed E-state index contributed by atoms with van der Waals surface area (Å²) in [7, 11) is 0. The Morgan fingerprint density at radius 2 is 2.05 bits per heavy atom. The van der Waals surface area contributed by atoms with Crippen LogP contribution in [0.2, 0.25) is 0 Å². The maximum absolute atomic E-state index is 3.58. The van der Waals surface area contributed by atoms with Crippen LogP contribution in [0.4, 0.5) is 0 Å². The molecule has 2 aliphatic rings. The summed E-state index contributed by atoms with van der Waals surface area (Å²) < 4.78 is 0. The van der Waals surface area contributed by atoms with Gasteiger partial charge in [0.1, 0.15) is 0 Å². The van der Waals surface area contributed by atoms with Crippen molar-refractivity contribution in [3.05, 3.63) is 35.4 Å². The molecule has 0 bridgehead atoms. The molecular formula is C18H28N2. The fourth-order valence-electron chi connectivity index (χ4n) is 3.76. The maximum atomic E-state index is 3.58. The Balaban J connectivity index is 1.66. The monoisotopic (exact) mass is 272 g/mol. The summed E-state index contributed by atoms with van der Waals surface area (Å²) in [4.78, 5) is 2.68. The topological polar surface area (TPSA) is 15.3 Å². The molecule has 20 heavy (non-hydrogen) atoms. The highest BCUT2D eigenvalue weighted by Gasteiger charge is 2.33. The van der Waals surface area contributed by atoms with E-state index in [4.69, 9.17) is 0 Å². The Labute approximate surface area is 123 Å². The van der Waals surface area contributed by atoms with Crippen LogP contribution in [0.5, 0.6) is 0 Å². The van der Waals surface area contributed by atoms with Gasteiger partial charge in [0.25, 0.3) is 0 Å². The van der Waals surface area contributed by atoms with Gasteiger partial charge in [0.05, 0.1) is 0 Å². The molecule has 1 aromatic rings. The highest BCUT2D eigenvalue weighted by molar-refractivity contribution is 5.33. The first-order valence-corrected chi connectivity index (χ1v) is 8.05. The highest BCUT2D eigenvalue weighted by Crippen LogP contribution is 2.35. The van der Waals surface area contributed by atoms with Crippen LogP contribution < -0.4 is 5.32 Å². The van der Waals surface area contributed by atoms with E-state index in [2.05, 4.69) is 55.3 Å². The van der Waals surface area contributed by atoms with E-state index in [-0.39, 0.29) is 0 Å². The quantitative estimate of drug-likeness (QED) is 0.889. The largest absolute Gasteiger partial charge is 0.312 e. The molecule has 110 valence electrons. The van der Waals surface area contributed by atoms with Gasteiger partial charge in [-0.15, -0.1) is 0 Å². The summed E-state index contributed by atoms with van der Waals surface area (Å²) in [6.45, 7) is 13.1. The Kier molecular flexibility index (Phi) is 3.87. The number of nitrogens with one attached hydrogen (secondary N) is 1. The number of nitrogens with zero attached hydrogens (tertiary/aromatic N) is 1. The minimum atomic E-state index is 0.456. The van der Waals surface area contributed by atoms with E-state index in [0.717, 1.165) is 19.0 Å². The van der Waals surface area contributed by atoms with Crippen molar-refractivity contribution in [2.24, 2.45) is 11.3 Å². The molecule has 2 heterocycles. The van der Waals surface area contributed by atoms with Gasteiger partial charge in [-0.25, -0.2) is 0 Å². The molecule has 1 N–H and O–H groups in total. The normalized spacial score (nSPS) is 27.6. The highest BCUT2D eigenvalue weighted by atomic mass is 15.2. The van der Waals surface area contributed by atoms with Crippen LogP contribution >= 0.6 is 0 Å². The van der Waals surface area contributed by atoms with Crippen molar-refractivity contribution in [2.75, 3.05) is 26.2 Å². The summed E-state index contributed by atoms with van der Waals surface area (Å²) in [5, 5.41) is 3.58. The molecule has 2 unspecified atom stereocenters. The zero-order chi connectivity index (χ0) is 14.2. The minimum absolute atomic E-state index is 0.456. The fourth-order valence-corrected chi connectivity index (χ4v) is 3.76. The van der Waals surface area contributed by atoms with Gasteiger partial charge in [-0.2, -0.15) is 0 Å². The van der Waals surface area contributed by atoms with Gasteiger partial charge in [-0.05, 0) is 35.4 Å². The molecule has 2 heteroatoms. The third kappa shape index (κ3) is 2.91. The third-order valence-corrected chi connectivity index (χ3v) is 5.18. The molecule has 2 nitrogen and oxygen atoms in total. The minimum Gasteiger partial charge on any atom is -0.312 e. The van der Waals surface area contributed by atoms with Crippen LogP contribution in [-0.2, 0) is 6.54 Å². The van der Waals surface area contributed by atoms with Gasteiger partial charge in [0.15, 0.2) is 0 Å². The van der Waals surface area contributed by atoms with E-state index in [1.807, 2.05) is 0 Å². The summed E-state index contributed by atoms with van der Waals surface area (Å²) >= 11 is 0. The SMILES string of the molecule is CC(C)(C)C1CCN(CC2CNCc3ccccc32)C1. The predicted octanol–water partition coefficient (Wildman–Crippen LogP) is 3.24. The van der Waals surface area contributed by atoms with E-state index < -0.39 is 0 Å². The number of hydrogen-bond donors (Lipinski definition) is 1. The van der Waals surface area contributed by atoms with Crippen molar-refractivity contribution in [1.82, 2.24) is 10.2 Å². The Bertz CT molecular complexity index is 461.